The summed E-state index contributed by atoms with van der Waals surface area (Å²) in [7, 11) is 0. The summed E-state index contributed by atoms with van der Waals surface area (Å²) >= 11 is 0. The van der Waals surface area contributed by atoms with Crippen LogP contribution in [0.5, 0.6) is 0 Å². The predicted octanol–water partition coefficient (Wildman–Crippen LogP) is 3.46. The van der Waals surface area contributed by atoms with E-state index in [0.717, 1.165) is 0 Å². The summed E-state index contributed by atoms with van der Waals surface area (Å²) in [4.78, 5) is 2.59. The van der Waals surface area contributed by atoms with Crippen LogP contribution in [0, 0.1) is 5.41 Å². The summed E-state index contributed by atoms with van der Waals surface area (Å²) < 4.78 is 0. The van der Waals surface area contributed by atoms with Gasteiger partial charge in [-0.3, -0.25) is 0 Å². The molecule has 0 unspecified atom stereocenters. The zero-order chi connectivity index (χ0) is 10.4. The third-order valence-corrected chi connectivity index (χ3v) is 2.68. The first-order valence-corrected chi connectivity index (χ1v) is 5.98. The van der Waals surface area contributed by atoms with E-state index in [1.54, 1.807) is 0 Å². The Morgan fingerprint density at radius 1 is 1.07 bits per heavy atom. The molecule has 0 aromatic carbocycles. The minimum absolute atomic E-state index is 0.349. The van der Waals surface area contributed by atoms with Crippen LogP contribution in [0.15, 0.2) is 12.2 Å². The van der Waals surface area contributed by atoms with E-state index in [2.05, 4.69) is 37.8 Å². The molecule has 0 saturated carbocycles. The van der Waals surface area contributed by atoms with Gasteiger partial charge in [0.25, 0.3) is 0 Å². The van der Waals surface area contributed by atoms with Crippen LogP contribution in [0.3, 0.4) is 0 Å². The minimum atomic E-state index is 0.349. The Hall–Kier alpha value is -0.300. The molecule has 1 saturated heterocycles. The first-order chi connectivity index (χ1) is 6.58. The average Bonchev–Trinajstić information content (AvgIpc) is 2.13. The molecule has 1 heteroatoms. The number of hydrogen-bond donors (Lipinski definition) is 0. The molecule has 1 aliphatic heterocycles. The topological polar surface area (TPSA) is 3.24 Å². The van der Waals surface area contributed by atoms with Crippen molar-refractivity contribution >= 4 is 0 Å². The molecule has 0 N–H and O–H groups in total. The third-order valence-electron chi connectivity index (χ3n) is 2.68. The Kier molecular flexibility index (Phi) is 4.67. The number of hydrogen-bond acceptors (Lipinski definition) is 1. The van der Waals surface area contributed by atoms with Gasteiger partial charge in [0.15, 0.2) is 0 Å². The van der Waals surface area contributed by atoms with Gasteiger partial charge in [-0.15, -0.1) is 0 Å². The van der Waals surface area contributed by atoms with Crippen LogP contribution in [-0.4, -0.2) is 24.5 Å². The molecule has 0 aliphatic carbocycles. The monoisotopic (exact) mass is 195 g/mol. The lowest BCUT2D eigenvalue weighted by molar-refractivity contribution is 0.232. The van der Waals surface area contributed by atoms with Gasteiger partial charge in [-0.25, -0.2) is 0 Å². The van der Waals surface area contributed by atoms with Gasteiger partial charge in [-0.05, 0) is 37.8 Å². The number of piperidine rings is 1. The molecule has 0 bridgehead atoms. The summed E-state index contributed by atoms with van der Waals surface area (Å²) in [5.74, 6) is 0. The summed E-state index contributed by atoms with van der Waals surface area (Å²) in [6.07, 6.45) is 10.1. The molecule has 0 amide bonds. The lowest BCUT2D eigenvalue weighted by Gasteiger charge is -2.25. The molecular weight excluding hydrogens is 170 g/mol. The molecule has 1 rings (SSSR count). The van der Waals surface area contributed by atoms with Crippen LogP contribution in [-0.2, 0) is 0 Å². The Labute approximate surface area is 89.2 Å². The Morgan fingerprint density at radius 3 is 2.29 bits per heavy atom. The second-order valence-electron chi connectivity index (χ2n) is 5.46. The predicted molar refractivity (Wildman–Crippen MR) is 63.5 cm³/mol. The molecule has 0 aromatic heterocycles. The molecule has 1 fully saturated rings. The average molecular weight is 195 g/mol. The van der Waals surface area contributed by atoms with E-state index in [1.165, 1.54) is 45.3 Å². The van der Waals surface area contributed by atoms with E-state index < -0.39 is 0 Å². The van der Waals surface area contributed by atoms with Crippen molar-refractivity contribution in [2.24, 2.45) is 5.41 Å². The smallest absolute Gasteiger partial charge is 0.00159 e. The highest BCUT2D eigenvalue weighted by Gasteiger charge is 2.08. The van der Waals surface area contributed by atoms with Crippen molar-refractivity contribution in [3.63, 3.8) is 0 Å². The maximum atomic E-state index is 2.59. The quantitative estimate of drug-likeness (QED) is 0.623. The summed E-state index contributed by atoms with van der Waals surface area (Å²) in [5.41, 5.74) is 0.349. The Morgan fingerprint density at radius 2 is 1.71 bits per heavy atom. The summed E-state index contributed by atoms with van der Waals surface area (Å²) in [5, 5.41) is 0. The fourth-order valence-electron chi connectivity index (χ4n) is 1.88. The van der Waals surface area contributed by atoms with E-state index in [-0.39, 0.29) is 0 Å². The maximum absolute atomic E-state index is 2.59. The van der Waals surface area contributed by atoms with E-state index in [1.807, 2.05) is 0 Å². The van der Waals surface area contributed by atoms with Crippen molar-refractivity contribution in [2.75, 3.05) is 19.6 Å². The molecule has 14 heavy (non-hydrogen) atoms. The van der Waals surface area contributed by atoms with Crippen LogP contribution in [0.2, 0.25) is 0 Å². The lowest BCUT2D eigenvalue weighted by atomic mass is 9.96. The molecule has 0 radical (unpaired) electrons. The molecule has 1 aliphatic rings. The second kappa shape index (κ2) is 5.55. The van der Waals surface area contributed by atoms with Crippen molar-refractivity contribution in [3.05, 3.63) is 12.2 Å². The molecule has 1 nitrogen and oxygen atoms in total. The summed E-state index contributed by atoms with van der Waals surface area (Å²) in [6.45, 7) is 10.7. The first-order valence-electron chi connectivity index (χ1n) is 5.98. The summed E-state index contributed by atoms with van der Waals surface area (Å²) in [6, 6.07) is 0. The molecule has 0 atom stereocenters. The number of allylic oxidation sites excluding steroid dienone is 1. The van der Waals surface area contributed by atoms with Gasteiger partial charge in [0.1, 0.15) is 0 Å². The van der Waals surface area contributed by atoms with E-state index in [9.17, 15) is 0 Å². The SMILES string of the molecule is CC(C)(C)C=CCCN1CCCCC1. The fraction of sp³-hybridized carbons (Fsp3) is 0.846. The third kappa shape index (κ3) is 5.43. The number of nitrogens with zero attached hydrogens (tertiary/aromatic N) is 1. The minimum Gasteiger partial charge on any atom is -0.303 e. The van der Waals surface area contributed by atoms with Gasteiger partial charge >= 0.3 is 0 Å². The highest BCUT2D eigenvalue weighted by Crippen LogP contribution is 2.15. The fourth-order valence-corrected chi connectivity index (χ4v) is 1.88. The van der Waals surface area contributed by atoms with E-state index >= 15 is 0 Å². The van der Waals surface area contributed by atoms with E-state index in [0.29, 0.717) is 5.41 Å². The Bertz CT molecular complexity index is 170. The molecule has 1 heterocycles. The van der Waals surface area contributed by atoms with E-state index in [4.69, 9.17) is 0 Å². The normalized spacial score (nSPS) is 20.5. The van der Waals surface area contributed by atoms with Crippen molar-refractivity contribution in [2.45, 2.75) is 46.5 Å². The van der Waals surface area contributed by atoms with Crippen LogP contribution >= 0.6 is 0 Å². The number of rotatable bonds is 3. The second-order valence-corrected chi connectivity index (χ2v) is 5.46. The zero-order valence-electron chi connectivity index (χ0n) is 10.1. The van der Waals surface area contributed by atoms with Crippen LogP contribution in [0.25, 0.3) is 0 Å². The van der Waals surface area contributed by atoms with Crippen LogP contribution < -0.4 is 0 Å². The van der Waals surface area contributed by atoms with Crippen molar-refractivity contribution in [3.8, 4) is 0 Å². The van der Waals surface area contributed by atoms with Gasteiger partial charge in [0.05, 0.1) is 0 Å². The van der Waals surface area contributed by atoms with Crippen molar-refractivity contribution in [1.82, 2.24) is 4.90 Å². The molecular formula is C13H25N. The van der Waals surface area contributed by atoms with Gasteiger partial charge < -0.3 is 4.90 Å². The van der Waals surface area contributed by atoms with Gasteiger partial charge in [-0.2, -0.15) is 0 Å². The largest absolute Gasteiger partial charge is 0.303 e. The highest BCUT2D eigenvalue weighted by atomic mass is 15.1. The Balaban J connectivity index is 2.11. The van der Waals surface area contributed by atoms with Gasteiger partial charge in [0.2, 0.25) is 0 Å². The first kappa shape index (κ1) is 11.8. The van der Waals surface area contributed by atoms with Gasteiger partial charge in [-0.1, -0.05) is 39.3 Å². The zero-order valence-corrected chi connectivity index (χ0v) is 10.1. The lowest BCUT2D eigenvalue weighted by Crippen LogP contribution is -2.30. The van der Waals surface area contributed by atoms with Crippen LogP contribution in [0.4, 0.5) is 0 Å². The van der Waals surface area contributed by atoms with Crippen molar-refractivity contribution in [1.29, 1.82) is 0 Å². The highest BCUT2D eigenvalue weighted by molar-refractivity contribution is 4.92. The standard InChI is InChI=1S/C13H25N/c1-13(2,3)9-5-8-12-14-10-6-4-7-11-14/h5,9H,4,6-8,10-12H2,1-3H3. The van der Waals surface area contributed by atoms with Crippen molar-refractivity contribution < 1.29 is 0 Å². The number of likely N-dealkylation sites (tertiary alicyclic amines) is 1. The molecule has 0 aromatic rings. The van der Waals surface area contributed by atoms with Crippen LogP contribution in [0.1, 0.15) is 46.5 Å². The molecule has 0 spiro atoms. The van der Waals surface area contributed by atoms with Gasteiger partial charge in [0, 0.05) is 6.54 Å². The maximum Gasteiger partial charge on any atom is 0.00159 e. The molecule has 82 valence electrons.